The van der Waals surface area contributed by atoms with Gasteiger partial charge in [0.1, 0.15) is 0 Å². The van der Waals surface area contributed by atoms with Gasteiger partial charge < -0.3 is 5.32 Å². The van der Waals surface area contributed by atoms with E-state index in [9.17, 15) is 4.79 Å². The monoisotopic (exact) mass is 361 g/mol. The highest BCUT2D eigenvalue weighted by molar-refractivity contribution is 7.80. The number of hydrogen-bond acceptors (Lipinski definition) is 2. The first-order valence-electron chi connectivity index (χ1n) is 9.44. The van der Waals surface area contributed by atoms with Gasteiger partial charge in [-0.3, -0.25) is 15.6 Å². The molecule has 0 radical (unpaired) electrons. The summed E-state index contributed by atoms with van der Waals surface area (Å²) in [7, 11) is 0. The summed E-state index contributed by atoms with van der Waals surface area (Å²) in [5, 5.41) is 3.87. The van der Waals surface area contributed by atoms with E-state index < -0.39 is 0 Å². The summed E-state index contributed by atoms with van der Waals surface area (Å²) in [6.07, 6.45) is 5.41. The predicted molar refractivity (Wildman–Crippen MR) is 107 cm³/mol. The number of carbonyl (C=O) groups is 1. The topological polar surface area (TPSA) is 53.2 Å². The third kappa shape index (κ3) is 5.70. The van der Waals surface area contributed by atoms with Crippen LogP contribution < -0.4 is 16.2 Å². The van der Waals surface area contributed by atoms with E-state index in [1.54, 1.807) is 0 Å². The molecule has 1 aliphatic carbocycles. The van der Waals surface area contributed by atoms with Crippen molar-refractivity contribution >= 4 is 23.2 Å². The Morgan fingerprint density at radius 3 is 2.60 bits per heavy atom. The lowest BCUT2D eigenvalue weighted by molar-refractivity contribution is -0.123. The van der Waals surface area contributed by atoms with Gasteiger partial charge in [-0.15, -0.1) is 0 Å². The molecule has 1 aromatic rings. The number of thiocarbonyl (C=S) groups is 1. The summed E-state index contributed by atoms with van der Waals surface area (Å²) in [6.45, 7) is 6.66. The molecule has 0 spiro atoms. The highest BCUT2D eigenvalue weighted by Crippen LogP contribution is 2.29. The Balaban J connectivity index is 1.86. The van der Waals surface area contributed by atoms with Crippen LogP contribution in [0.3, 0.4) is 0 Å². The summed E-state index contributed by atoms with van der Waals surface area (Å²) in [6, 6.07) is 10.3. The van der Waals surface area contributed by atoms with Gasteiger partial charge in [-0.25, -0.2) is 0 Å². The van der Waals surface area contributed by atoms with Crippen molar-refractivity contribution in [3.8, 4) is 0 Å². The van der Waals surface area contributed by atoms with Crippen LogP contribution in [0.4, 0.5) is 0 Å². The maximum atomic E-state index is 12.6. The molecule has 4 nitrogen and oxygen atoms in total. The quantitative estimate of drug-likeness (QED) is 0.550. The first kappa shape index (κ1) is 19.7. The standard InChI is InChI=1S/C20H31N3OS/c1-4-9-17(16-11-6-5-7-12-16)19(24)22-23-20(25)21-18-13-8-10-14(2)15(18)3/h5-7,11-12,14-15,17-18H,4,8-10,13H2,1-3H3,(H,22,24)(H2,21,23,25)/t14-,15-,17-,18-/m0/s1. The second-order valence-corrected chi connectivity index (χ2v) is 7.62. The molecule has 0 saturated heterocycles. The van der Waals surface area contributed by atoms with Gasteiger partial charge in [0.2, 0.25) is 5.91 Å². The first-order chi connectivity index (χ1) is 12.0. The average Bonchev–Trinajstić information content (AvgIpc) is 2.62. The van der Waals surface area contributed by atoms with Gasteiger partial charge in [0.05, 0.1) is 5.92 Å². The van der Waals surface area contributed by atoms with E-state index >= 15 is 0 Å². The van der Waals surface area contributed by atoms with Crippen molar-refractivity contribution in [2.24, 2.45) is 11.8 Å². The van der Waals surface area contributed by atoms with Gasteiger partial charge in [0.15, 0.2) is 5.11 Å². The number of nitrogens with one attached hydrogen (secondary N) is 3. The molecular formula is C20H31N3OS. The maximum absolute atomic E-state index is 12.6. The van der Waals surface area contributed by atoms with Crippen LogP contribution in [0.5, 0.6) is 0 Å². The number of hydrazine groups is 1. The molecule has 138 valence electrons. The number of benzene rings is 1. The van der Waals surface area contributed by atoms with Gasteiger partial charge in [0, 0.05) is 6.04 Å². The molecule has 5 heteroatoms. The Bertz CT molecular complexity index is 563. The Morgan fingerprint density at radius 2 is 1.92 bits per heavy atom. The molecule has 0 aliphatic heterocycles. The van der Waals surface area contributed by atoms with E-state index in [4.69, 9.17) is 12.2 Å². The van der Waals surface area contributed by atoms with Crippen LogP contribution >= 0.6 is 12.2 Å². The summed E-state index contributed by atoms with van der Waals surface area (Å²) < 4.78 is 0. The van der Waals surface area contributed by atoms with E-state index in [1.807, 2.05) is 30.3 Å². The highest BCUT2D eigenvalue weighted by atomic mass is 32.1. The van der Waals surface area contributed by atoms with E-state index in [0.717, 1.165) is 24.8 Å². The van der Waals surface area contributed by atoms with Crippen molar-refractivity contribution in [3.05, 3.63) is 35.9 Å². The summed E-state index contributed by atoms with van der Waals surface area (Å²) in [5.74, 6) is 1.09. The molecule has 1 fully saturated rings. The third-order valence-corrected chi connectivity index (χ3v) is 5.64. The minimum Gasteiger partial charge on any atom is -0.358 e. The smallest absolute Gasteiger partial charge is 0.245 e. The van der Waals surface area contributed by atoms with E-state index in [1.165, 1.54) is 12.8 Å². The van der Waals surface area contributed by atoms with Gasteiger partial charge in [-0.1, -0.05) is 70.4 Å². The lowest BCUT2D eigenvalue weighted by atomic mass is 9.78. The van der Waals surface area contributed by atoms with Gasteiger partial charge in [0.25, 0.3) is 0 Å². The molecule has 1 amide bonds. The number of hydrogen-bond donors (Lipinski definition) is 3. The lowest BCUT2D eigenvalue weighted by Gasteiger charge is -2.35. The van der Waals surface area contributed by atoms with Gasteiger partial charge in [-0.2, -0.15) is 0 Å². The fourth-order valence-electron chi connectivity index (χ4n) is 3.62. The van der Waals surface area contributed by atoms with Crippen LogP contribution in [-0.4, -0.2) is 17.1 Å². The van der Waals surface area contributed by atoms with E-state index in [0.29, 0.717) is 23.0 Å². The molecular weight excluding hydrogens is 330 g/mol. The van der Waals surface area contributed by atoms with Crippen molar-refractivity contribution in [1.29, 1.82) is 0 Å². The van der Waals surface area contributed by atoms with Crippen LogP contribution in [0.15, 0.2) is 30.3 Å². The highest BCUT2D eigenvalue weighted by Gasteiger charge is 2.27. The fraction of sp³-hybridized carbons (Fsp3) is 0.600. The van der Waals surface area contributed by atoms with Crippen LogP contribution in [0.25, 0.3) is 0 Å². The minimum atomic E-state index is -0.157. The summed E-state index contributed by atoms with van der Waals surface area (Å²) in [5.41, 5.74) is 6.72. The van der Waals surface area contributed by atoms with Crippen LogP contribution in [0.1, 0.15) is 64.4 Å². The molecule has 0 bridgehead atoms. The molecule has 1 saturated carbocycles. The fourth-order valence-corrected chi connectivity index (χ4v) is 3.82. The Kier molecular flexibility index (Phi) is 7.69. The lowest BCUT2D eigenvalue weighted by Crippen LogP contribution is -2.53. The largest absolute Gasteiger partial charge is 0.358 e. The molecule has 3 N–H and O–H groups in total. The molecule has 1 aliphatic rings. The van der Waals surface area contributed by atoms with Crippen LogP contribution in [-0.2, 0) is 4.79 Å². The number of amides is 1. The normalized spacial score (nSPS) is 24.2. The average molecular weight is 362 g/mol. The van der Waals surface area contributed by atoms with E-state index in [-0.39, 0.29) is 11.8 Å². The molecule has 0 aromatic heterocycles. The Labute approximate surface area is 157 Å². The second kappa shape index (κ2) is 9.76. The maximum Gasteiger partial charge on any atom is 0.245 e. The van der Waals surface area contributed by atoms with Crippen LogP contribution in [0.2, 0.25) is 0 Å². The molecule has 0 heterocycles. The van der Waals surface area contributed by atoms with Crippen molar-refractivity contribution < 1.29 is 4.79 Å². The zero-order valence-corrected chi connectivity index (χ0v) is 16.4. The Hall–Kier alpha value is -1.62. The molecule has 25 heavy (non-hydrogen) atoms. The van der Waals surface area contributed by atoms with Gasteiger partial charge >= 0.3 is 0 Å². The predicted octanol–water partition coefficient (Wildman–Crippen LogP) is 3.89. The van der Waals surface area contributed by atoms with Crippen molar-refractivity contribution in [1.82, 2.24) is 16.2 Å². The molecule has 0 unspecified atom stereocenters. The minimum absolute atomic E-state index is 0.0396. The Morgan fingerprint density at radius 1 is 1.20 bits per heavy atom. The third-order valence-electron chi connectivity index (χ3n) is 5.42. The zero-order valence-electron chi connectivity index (χ0n) is 15.5. The van der Waals surface area contributed by atoms with Crippen molar-refractivity contribution in [2.75, 3.05) is 0 Å². The second-order valence-electron chi connectivity index (χ2n) is 7.21. The summed E-state index contributed by atoms with van der Waals surface area (Å²) in [4.78, 5) is 12.6. The van der Waals surface area contributed by atoms with Crippen molar-refractivity contribution in [2.45, 2.75) is 64.8 Å². The first-order valence-corrected chi connectivity index (χ1v) is 9.85. The van der Waals surface area contributed by atoms with Gasteiger partial charge in [-0.05, 0) is 42.5 Å². The zero-order chi connectivity index (χ0) is 18.2. The van der Waals surface area contributed by atoms with Crippen molar-refractivity contribution in [3.63, 3.8) is 0 Å². The number of carbonyl (C=O) groups excluding carboxylic acids is 1. The van der Waals surface area contributed by atoms with Crippen LogP contribution in [0, 0.1) is 11.8 Å². The SMILES string of the molecule is CCC[C@H](C(=O)NNC(=S)N[C@H]1CCC[C@H](C)[C@@H]1C)c1ccccc1. The van der Waals surface area contributed by atoms with E-state index in [2.05, 4.69) is 36.9 Å². The molecule has 2 rings (SSSR count). The number of rotatable bonds is 5. The molecule has 1 aromatic carbocycles. The molecule has 4 atom stereocenters. The summed E-state index contributed by atoms with van der Waals surface area (Å²) >= 11 is 5.38.